The topological polar surface area (TPSA) is 26.3 Å². The molecule has 1 aromatic rings. The maximum atomic E-state index is 11.7. The number of ether oxygens (including phenoxy) is 1. The SMILES string of the molecule is CCOC(=O)c1scc(C)c1C(C)CC. The first-order valence-electron chi connectivity index (χ1n) is 5.36. The lowest BCUT2D eigenvalue weighted by Gasteiger charge is -2.11. The molecular formula is C12H18O2S. The Morgan fingerprint density at radius 2 is 2.20 bits per heavy atom. The van der Waals surface area contributed by atoms with Gasteiger partial charge in [-0.05, 0) is 42.7 Å². The summed E-state index contributed by atoms with van der Waals surface area (Å²) >= 11 is 1.49. The molecule has 1 aromatic heterocycles. The van der Waals surface area contributed by atoms with Gasteiger partial charge in [0.2, 0.25) is 0 Å². The van der Waals surface area contributed by atoms with E-state index >= 15 is 0 Å². The second-order valence-electron chi connectivity index (χ2n) is 3.69. The van der Waals surface area contributed by atoms with E-state index in [1.165, 1.54) is 22.5 Å². The normalized spacial score (nSPS) is 12.5. The van der Waals surface area contributed by atoms with Crippen LogP contribution in [0.3, 0.4) is 0 Å². The van der Waals surface area contributed by atoms with E-state index in [2.05, 4.69) is 20.8 Å². The largest absolute Gasteiger partial charge is 0.462 e. The zero-order chi connectivity index (χ0) is 11.4. The van der Waals surface area contributed by atoms with Gasteiger partial charge in [0.1, 0.15) is 4.88 Å². The number of thiophene rings is 1. The van der Waals surface area contributed by atoms with Crippen LogP contribution in [-0.2, 0) is 4.74 Å². The molecule has 0 bridgehead atoms. The van der Waals surface area contributed by atoms with Crippen LogP contribution in [0.4, 0.5) is 0 Å². The zero-order valence-corrected chi connectivity index (χ0v) is 10.6. The van der Waals surface area contributed by atoms with Gasteiger partial charge in [0.25, 0.3) is 0 Å². The number of carbonyl (C=O) groups excluding carboxylic acids is 1. The maximum Gasteiger partial charge on any atom is 0.348 e. The van der Waals surface area contributed by atoms with Crippen molar-refractivity contribution in [2.75, 3.05) is 6.61 Å². The van der Waals surface area contributed by atoms with Crippen LogP contribution in [0.2, 0.25) is 0 Å². The van der Waals surface area contributed by atoms with Crippen LogP contribution in [0.25, 0.3) is 0 Å². The van der Waals surface area contributed by atoms with Gasteiger partial charge < -0.3 is 4.74 Å². The quantitative estimate of drug-likeness (QED) is 0.731. The predicted octanol–water partition coefficient (Wildman–Crippen LogP) is 3.75. The molecule has 0 aromatic carbocycles. The fourth-order valence-electron chi connectivity index (χ4n) is 1.62. The summed E-state index contributed by atoms with van der Waals surface area (Å²) in [4.78, 5) is 12.5. The lowest BCUT2D eigenvalue weighted by molar-refractivity contribution is 0.0530. The number of carbonyl (C=O) groups is 1. The van der Waals surface area contributed by atoms with Crippen LogP contribution in [0.1, 0.15) is 53.9 Å². The second kappa shape index (κ2) is 5.31. The fourth-order valence-corrected chi connectivity index (χ4v) is 2.69. The molecule has 1 atom stereocenters. The van der Waals surface area contributed by atoms with E-state index < -0.39 is 0 Å². The van der Waals surface area contributed by atoms with Crippen LogP contribution in [0.5, 0.6) is 0 Å². The van der Waals surface area contributed by atoms with Gasteiger partial charge in [-0.3, -0.25) is 0 Å². The van der Waals surface area contributed by atoms with E-state index in [-0.39, 0.29) is 5.97 Å². The van der Waals surface area contributed by atoms with Gasteiger partial charge in [0.05, 0.1) is 6.61 Å². The highest BCUT2D eigenvalue weighted by Crippen LogP contribution is 2.31. The molecule has 0 saturated carbocycles. The van der Waals surface area contributed by atoms with Gasteiger partial charge in [0.15, 0.2) is 0 Å². The summed E-state index contributed by atoms with van der Waals surface area (Å²) in [6, 6.07) is 0. The molecule has 0 spiro atoms. The molecule has 0 N–H and O–H groups in total. The van der Waals surface area contributed by atoms with Crippen LogP contribution >= 0.6 is 11.3 Å². The summed E-state index contributed by atoms with van der Waals surface area (Å²) in [5.74, 6) is 0.251. The third kappa shape index (κ3) is 2.59. The molecule has 0 radical (unpaired) electrons. The first kappa shape index (κ1) is 12.2. The average molecular weight is 226 g/mol. The highest BCUT2D eigenvalue weighted by Gasteiger charge is 2.20. The Morgan fingerprint density at radius 1 is 1.53 bits per heavy atom. The molecule has 84 valence electrons. The zero-order valence-electron chi connectivity index (χ0n) is 9.79. The number of hydrogen-bond acceptors (Lipinski definition) is 3. The summed E-state index contributed by atoms with van der Waals surface area (Å²) in [5, 5.41) is 2.04. The molecule has 1 rings (SSSR count). The van der Waals surface area contributed by atoms with Crippen LogP contribution < -0.4 is 0 Å². The van der Waals surface area contributed by atoms with Crippen LogP contribution in [-0.4, -0.2) is 12.6 Å². The molecule has 1 heterocycles. The van der Waals surface area contributed by atoms with Crippen molar-refractivity contribution in [1.29, 1.82) is 0 Å². The molecule has 0 aliphatic carbocycles. The summed E-state index contributed by atoms with van der Waals surface area (Å²) in [5.41, 5.74) is 2.37. The van der Waals surface area contributed by atoms with E-state index in [0.29, 0.717) is 12.5 Å². The Balaban J connectivity index is 3.03. The molecule has 0 saturated heterocycles. The van der Waals surface area contributed by atoms with Crippen LogP contribution in [0.15, 0.2) is 5.38 Å². The first-order valence-corrected chi connectivity index (χ1v) is 6.24. The third-order valence-electron chi connectivity index (χ3n) is 2.59. The van der Waals surface area contributed by atoms with Crippen LogP contribution in [0, 0.1) is 6.92 Å². The summed E-state index contributed by atoms with van der Waals surface area (Å²) in [6.45, 7) is 8.62. The van der Waals surface area contributed by atoms with E-state index in [9.17, 15) is 4.79 Å². The second-order valence-corrected chi connectivity index (χ2v) is 4.57. The maximum absolute atomic E-state index is 11.7. The van der Waals surface area contributed by atoms with Gasteiger partial charge >= 0.3 is 5.97 Å². The third-order valence-corrected chi connectivity index (χ3v) is 3.68. The van der Waals surface area contributed by atoms with Crippen molar-refractivity contribution in [1.82, 2.24) is 0 Å². The lowest BCUT2D eigenvalue weighted by Crippen LogP contribution is -2.07. The lowest BCUT2D eigenvalue weighted by atomic mass is 9.96. The highest BCUT2D eigenvalue weighted by molar-refractivity contribution is 7.12. The van der Waals surface area contributed by atoms with E-state index in [1.807, 2.05) is 12.3 Å². The van der Waals surface area contributed by atoms with Crippen molar-refractivity contribution in [3.63, 3.8) is 0 Å². The standard InChI is InChI=1S/C12H18O2S/c1-5-8(3)10-9(4)7-15-11(10)12(13)14-6-2/h7-8H,5-6H2,1-4H3. The minimum Gasteiger partial charge on any atom is -0.462 e. The Labute approximate surface area is 95.3 Å². The number of hydrogen-bond donors (Lipinski definition) is 0. The minimum absolute atomic E-state index is 0.175. The number of aryl methyl sites for hydroxylation is 1. The Bertz CT molecular complexity index is 341. The van der Waals surface area contributed by atoms with Crippen molar-refractivity contribution in [3.8, 4) is 0 Å². The van der Waals surface area contributed by atoms with Crippen molar-refractivity contribution >= 4 is 17.3 Å². The molecule has 0 amide bonds. The highest BCUT2D eigenvalue weighted by atomic mass is 32.1. The van der Waals surface area contributed by atoms with E-state index in [0.717, 1.165) is 11.3 Å². The number of rotatable bonds is 4. The average Bonchev–Trinajstić information content (AvgIpc) is 2.59. The molecule has 15 heavy (non-hydrogen) atoms. The number of esters is 1. The Kier molecular flexibility index (Phi) is 4.33. The van der Waals surface area contributed by atoms with Crippen molar-refractivity contribution in [2.24, 2.45) is 0 Å². The van der Waals surface area contributed by atoms with E-state index in [4.69, 9.17) is 4.74 Å². The van der Waals surface area contributed by atoms with Gasteiger partial charge in [0, 0.05) is 0 Å². The smallest absolute Gasteiger partial charge is 0.348 e. The molecule has 1 unspecified atom stereocenters. The van der Waals surface area contributed by atoms with Crippen molar-refractivity contribution in [3.05, 3.63) is 21.4 Å². The Morgan fingerprint density at radius 3 is 2.73 bits per heavy atom. The molecule has 3 heteroatoms. The van der Waals surface area contributed by atoms with Gasteiger partial charge in [-0.1, -0.05) is 13.8 Å². The monoisotopic (exact) mass is 226 g/mol. The fraction of sp³-hybridized carbons (Fsp3) is 0.583. The van der Waals surface area contributed by atoms with Gasteiger partial charge in [-0.25, -0.2) is 4.79 Å². The molecule has 0 aliphatic rings. The first-order chi connectivity index (χ1) is 7.11. The van der Waals surface area contributed by atoms with Gasteiger partial charge in [-0.2, -0.15) is 0 Å². The minimum atomic E-state index is -0.175. The van der Waals surface area contributed by atoms with E-state index in [1.54, 1.807) is 0 Å². The molecular weight excluding hydrogens is 208 g/mol. The molecule has 2 nitrogen and oxygen atoms in total. The predicted molar refractivity (Wildman–Crippen MR) is 63.7 cm³/mol. The van der Waals surface area contributed by atoms with Crippen molar-refractivity contribution in [2.45, 2.75) is 40.0 Å². The summed E-state index contributed by atoms with van der Waals surface area (Å²) in [6.07, 6.45) is 1.05. The van der Waals surface area contributed by atoms with Gasteiger partial charge in [-0.15, -0.1) is 11.3 Å². The van der Waals surface area contributed by atoms with Crippen molar-refractivity contribution < 1.29 is 9.53 Å². The summed E-state index contributed by atoms with van der Waals surface area (Å²) in [7, 11) is 0. The molecule has 0 fully saturated rings. The Hall–Kier alpha value is -0.830. The summed E-state index contributed by atoms with van der Waals surface area (Å²) < 4.78 is 5.05. The molecule has 0 aliphatic heterocycles.